The molecule has 0 saturated carbocycles. The largest absolute Gasteiger partial charge is 0.484 e. The van der Waals surface area contributed by atoms with E-state index >= 15 is 0 Å². The van der Waals surface area contributed by atoms with E-state index in [1.54, 1.807) is 0 Å². The first-order valence-corrected chi connectivity index (χ1v) is 5.15. The first-order chi connectivity index (χ1) is 6.68. The number of carboxylic acid groups (broad SMARTS) is 1. The van der Waals surface area contributed by atoms with Gasteiger partial charge in [-0.05, 0) is 12.8 Å². The number of aliphatic carboxylic acids is 1. The predicted octanol–water partition coefficient (Wildman–Crippen LogP) is 2.52. The Morgan fingerprint density at radius 2 is 2.36 bits per heavy atom. The number of unbranched alkanes of at least 4 members (excludes halogenated alkanes) is 1. The first-order valence-electron chi connectivity index (χ1n) is 4.27. The van der Waals surface area contributed by atoms with Crippen LogP contribution in [-0.4, -0.2) is 17.7 Å². The summed E-state index contributed by atoms with van der Waals surface area (Å²) < 4.78 is 17.7. The van der Waals surface area contributed by atoms with E-state index in [9.17, 15) is 9.18 Å². The molecule has 0 aliphatic carbocycles. The summed E-state index contributed by atoms with van der Waals surface area (Å²) in [4.78, 5) is 10.1. The number of halogens is 1. The highest BCUT2D eigenvalue weighted by Crippen LogP contribution is 2.21. The third-order valence-corrected chi connectivity index (χ3v) is 2.38. The van der Waals surface area contributed by atoms with Crippen molar-refractivity contribution in [2.45, 2.75) is 19.3 Å². The molecule has 1 aromatic rings. The highest BCUT2D eigenvalue weighted by atomic mass is 32.1. The maximum absolute atomic E-state index is 12.5. The summed E-state index contributed by atoms with van der Waals surface area (Å²) in [6.07, 6.45) is 1.41. The molecule has 5 heteroatoms. The second-order valence-corrected chi connectivity index (χ2v) is 3.66. The van der Waals surface area contributed by atoms with Crippen molar-refractivity contribution in [3.63, 3.8) is 0 Å². The normalized spacial score (nSPS) is 10.1. The van der Waals surface area contributed by atoms with Gasteiger partial charge in [-0.3, -0.25) is 4.79 Å². The lowest BCUT2D eigenvalue weighted by molar-refractivity contribution is -0.137. The van der Waals surface area contributed by atoms with Crippen LogP contribution < -0.4 is 4.74 Å². The molecule has 0 amide bonds. The van der Waals surface area contributed by atoms with Gasteiger partial charge < -0.3 is 9.84 Å². The summed E-state index contributed by atoms with van der Waals surface area (Å²) in [5.74, 6) is -1.09. The molecule has 1 N–H and O–H groups in total. The van der Waals surface area contributed by atoms with Crippen molar-refractivity contribution >= 4 is 17.3 Å². The molecular formula is C9H11FO3S. The van der Waals surface area contributed by atoms with Gasteiger partial charge in [0, 0.05) is 17.9 Å². The highest BCUT2D eigenvalue weighted by molar-refractivity contribution is 7.11. The fraction of sp³-hybridized carbons (Fsp3) is 0.444. The fourth-order valence-electron chi connectivity index (χ4n) is 0.922. The highest BCUT2D eigenvalue weighted by Gasteiger charge is 2.00. The molecule has 0 bridgehead atoms. The van der Waals surface area contributed by atoms with E-state index in [1.165, 1.54) is 22.8 Å². The second-order valence-electron chi connectivity index (χ2n) is 2.78. The van der Waals surface area contributed by atoms with Gasteiger partial charge in [0.25, 0.3) is 0 Å². The van der Waals surface area contributed by atoms with Crippen LogP contribution in [0.25, 0.3) is 0 Å². The van der Waals surface area contributed by atoms with Gasteiger partial charge in [0.1, 0.15) is 5.82 Å². The Balaban J connectivity index is 2.07. The molecule has 0 aliphatic heterocycles. The number of hydrogen-bond acceptors (Lipinski definition) is 3. The van der Waals surface area contributed by atoms with Gasteiger partial charge in [0.05, 0.1) is 6.61 Å². The zero-order chi connectivity index (χ0) is 10.4. The van der Waals surface area contributed by atoms with Crippen molar-refractivity contribution in [3.8, 4) is 5.06 Å². The van der Waals surface area contributed by atoms with E-state index in [1.807, 2.05) is 0 Å². The van der Waals surface area contributed by atoms with Crippen LogP contribution in [0.4, 0.5) is 4.39 Å². The maximum Gasteiger partial charge on any atom is 0.303 e. The molecule has 0 unspecified atom stereocenters. The number of carboxylic acids is 1. The molecule has 3 nitrogen and oxygen atoms in total. The van der Waals surface area contributed by atoms with Crippen LogP contribution in [0.1, 0.15) is 19.3 Å². The standard InChI is InChI=1S/C9H11FO3S/c10-7-5-9(14-6-7)13-4-2-1-3-8(11)12/h5-6H,1-4H2,(H,11,12). The van der Waals surface area contributed by atoms with Crippen LogP contribution in [0, 0.1) is 5.82 Å². The molecule has 0 saturated heterocycles. The van der Waals surface area contributed by atoms with Crippen molar-refractivity contribution in [2.24, 2.45) is 0 Å². The minimum Gasteiger partial charge on any atom is -0.484 e. The number of ether oxygens (including phenoxy) is 1. The quantitative estimate of drug-likeness (QED) is 0.746. The van der Waals surface area contributed by atoms with E-state index < -0.39 is 5.97 Å². The van der Waals surface area contributed by atoms with Gasteiger partial charge in [0.15, 0.2) is 5.06 Å². The topological polar surface area (TPSA) is 46.5 Å². The van der Waals surface area contributed by atoms with Crippen LogP contribution in [0.3, 0.4) is 0 Å². The molecule has 1 rings (SSSR count). The number of thiophene rings is 1. The molecule has 0 spiro atoms. The SMILES string of the molecule is O=C(O)CCCCOc1cc(F)cs1. The predicted molar refractivity (Wildman–Crippen MR) is 51.3 cm³/mol. The monoisotopic (exact) mass is 218 g/mol. The Labute approximate surface area is 85.1 Å². The van der Waals surface area contributed by atoms with Crippen molar-refractivity contribution in [1.29, 1.82) is 0 Å². The number of carbonyl (C=O) groups is 1. The molecule has 14 heavy (non-hydrogen) atoms. The smallest absolute Gasteiger partial charge is 0.303 e. The first kappa shape index (κ1) is 11.0. The van der Waals surface area contributed by atoms with Gasteiger partial charge in [0.2, 0.25) is 0 Å². The molecular weight excluding hydrogens is 207 g/mol. The van der Waals surface area contributed by atoms with E-state index in [0.717, 1.165) is 0 Å². The van der Waals surface area contributed by atoms with Crippen LogP contribution in [-0.2, 0) is 4.79 Å². The molecule has 0 fully saturated rings. The number of hydrogen-bond donors (Lipinski definition) is 1. The molecule has 0 radical (unpaired) electrons. The maximum atomic E-state index is 12.5. The summed E-state index contributed by atoms with van der Waals surface area (Å²) in [5, 5.41) is 10.3. The van der Waals surface area contributed by atoms with Gasteiger partial charge in [-0.2, -0.15) is 0 Å². The zero-order valence-electron chi connectivity index (χ0n) is 7.53. The molecule has 0 atom stereocenters. The summed E-state index contributed by atoms with van der Waals surface area (Å²) in [7, 11) is 0. The van der Waals surface area contributed by atoms with E-state index in [2.05, 4.69) is 0 Å². The van der Waals surface area contributed by atoms with Crippen LogP contribution >= 0.6 is 11.3 Å². The van der Waals surface area contributed by atoms with Crippen LogP contribution in [0.5, 0.6) is 5.06 Å². The third kappa shape index (κ3) is 4.23. The lowest BCUT2D eigenvalue weighted by Crippen LogP contribution is -1.99. The lowest BCUT2D eigenvalue weighted by Gasteiger charge is -2.01. The minimum atomic E-state index is -0.799. The second kappa shape index (κ2) is 5.59. The molecule has 1 heterocycles. The average Bonchev–Trinajstić information content (AvgIpc) is 2.50. The Kier molecular flexibility index (Phi) is 4.39. The van der Waals surface area contributed by atoms with E-state index in [0.29, 0.717) is 24.5 Å². The Morgan fingerprint density at radius 3 is 2.93 bits per heavy atom. The molecule has 78 valence electrons. The Morgan fingerprint density at radius 1 is 1.57 bits per heavy atom. The van der Waals surface area contributed by atoms with Crippen LogP contribution in [0.15, 0.2) is 11.4 Å². The van der Waals surface area contributed by atoms with Gasteiger partial charge in [-0.15, -0.1) is 11.3 Å². The summed E-state index contributed by atoms with van der Waals surface area (Å²) in [5.41, 5.74) is 0. The summed E-state index contributed by atoms with van der Waals surface area (Å²) in [6.45, 7) is 0.438. The summed E-state index contributed by atoms with van der Waals surface area (Å²) >= 11 is 1.20. The Bertz CT molecular complexity index is 298. The minimum absolute atomic E-state index is 0.155. The van der Waals surface area contributed by atoms with Crippen molar-refractivity contribution in [1.82, 2.24) is 0 Å². The molecule has 1 aromatic heterocycles. The van der Waals surface area contributed by atoms with E-state index in [4.69, 9.17) is 9.84 Å². The van der Waals surface area contributed by atoms with Gasteiger partial charge >= 0.3 is 5.97 Å². The molecule has 0 aromatic carbocycles. The number of rotatable bonds is 6. The van der Waals surface area contributed by atoms with Gasteiger partial charge in [-0.25, -0.2) is 4.39 Å². The van der Waals surface area contributed by atoms with E-state index in [-0.39, 0.29) is 12.2 Å². The van der Waals surface area contributed by atoms with Crippen molar-refractivity contribution in [3.05, 3.63) is 17.3 Å². The lowest BCUT2D eigenvalue weighted by atomic mass is 10.2. The van der Waals surface area contributed by atoms with Crippen molar-refractivity contribution < 1.29 is 19.0 Å². The fourth-order valence-corrected chi connectivity index (χ4v) is 1.55. The molecule has 0 aliphatic rings. The van der Waals surface area contributed by atoms with Crippen LogP contribution in [0.2, 0.25) is 0 Å². The third-order valence-electron chi connectivity index (χ3n) is 1.57. The van der Waals surface area contributed by atoms with Gasteiger partial charge in [-0.1, -0.05) is 0 Å². The summed E-state index contributed by atoms with van der Waals surface area (Å²) in [6, 6.07) is 1.32. The Hall–Kier alpha value is -1.10. The average molecular weight is 218 g/mol. The zero-order valence-corrected chi connectivity index (χ0v) is 8.35. The van der Waals surface area contributed by atoms with Crippen molar-refractivity contribution in [2.75, 3.05) is 6.61 Å².